The van der Waals surface area contributed by atoms with Gasteiger partial charge in [0.1, 0.15) is 6.54 Å². The molecule has 1 nitrogen and oxygen atoms in total. The van der Waals surface area contributed by atoms with Crippen molar-refractivity contribution in [2.45, 2.75) is 0 Å². The molecule has 0 atom stereocenters. The fourth-order valence-corrected chi connectivity index (χ4v) is 0.755. The second-order valence-electron chi connectivity index (χ2n) is 2.73. The molecule has 0 bridgehead atoms. The third-order valence-corrected chi connectivity index (χ3v) is 1.31. The molecular weight excluding hydrogens is 134 g/mol. The van der Waals surface area contributed by atoms with E-state index in [9.17, 15) is 0 Å². The minimum Gasteiger partial charge on any atom is -0.299 e. The summed E-state index contributed by atoms with van der Waals surface area (Å²) >= 11 is 0. The number of hydrogen-bond donors (Lipinski definition) is 0. The molecular formula is C7H13ClN+. The minimum absolute atomic E-state index is 0. The van der Waals surface area contributed by atoms with Gasteiger partial charge in [-0.15, -0.1) is 12.4 Å². The fraction of sp³-hybridized carbons (Fsp3) is 0.429. The van der Waals surface area contributed by atoms with Crippen LogP contribution in [0, 0.1) is 0 Å². The van der Waals surface area contributed by atoms with E-state index in [1.165, 1.54) is 0 Å². The Morgan fingerprint density at radius 1 is 1.22 bits per heavy atom. The maximum absolute atomic E-state index is 2.18. The van der Waals surface area contributed by atoms with Crippen molar-refractivity contribution in [3.8, 4) is 0 Å². The van der Waals surface area contributed by atoms with Crippen molar-refractivity contribution in [2.24, 2.45) is 0 Å². The predicted molar refractivity (Wildman–Crippen MR) is 42.5 cm³/mol. The molecule has 0 unspecified atom stereocenters. The first-order chi connectivity index (χ1) is 3.71. The Morgan fingerprint density at radius 3 is 2.11 bits per heavy atom. The Balaban J connectivity index is 0.000000640. The Morgan fingerprint density at radius 2 is 1.89 bits per heavy atom. The Bertz CT molecular complexity index is 136. The highest BCUT2D eigenvalue weighted by Crippen LogP contribution is 2.02. The first-order valence-corrected chi connectivity index (χ1v) is 2.88. The monoisotopic (exact) mass is 146 g/mol. The molecule has 0 aliphatic carbocycles. The van der Waals surface area contributed by atoms with E-state index in [4.69, 9.17) is 0 Å². The van der Waals surface area contributed by atoms with E-state index < -0.39 is 0 Å². The van der Waals surface area contributed by atoms with Crippen LogP contribution in [0.25, 0.3) is 0 Å². The highest BCUT2D eigenvalue weighted by molar-refractivity contribution is 5.85. The largest absolute Gasteiger partial charge is 0.299 e. The lowest BCUT2D eigenvalue weighted by molar-refractivity contribution is -0.833. The average molecular weight is 147 g/mol. The molecule has 0 N–H and O–H groups in total. The molecule has 9 heavy (non-hydrogen) atoms. The summed E-state index contributed by atoms with van der Waals surface area (Å²) in [6.45, 7) is 1.12. The van der Waals surface area contributed by atoms with Gasteiger partial charge in [0.05, 0.1) is 20.3 Å². The van der Waals surface area contributed by atoms with Crippen LogP contribution in [-0.2, 0) is 0 Å². The summed E-state index contributed by atoms with van der Waals surface area (Å²) in [7, 11) is 4.36. The second-order valence-corrected chi connectivity index (χ2v) is 2.73. The second kappa shape index (κ2) is 3.04. The number of quaternary nitrogens is 1. The molecule has 1 aliphatic heterocycles. The van der Waals surface area contributed by atoms with Crippen LogP contribution in [0.3, 0.4) is 0 Å². The van der Waals surface area contributed by atoms with Crippen molar-refractivity contribution in [2.75, 3.05) is 20.6 Å². The van der Waals surface area contributed by atoms with E-state index in [2.05, 4.69) is 38.5 Å². The van der Waals surface area contributed by atoms with Crippen molar-refractivity contribution in [3.05, 3.63) is 24.4 Å². The van der Waals surface area contributed by atoms with Crippen molar-refractivity contribution < 1.29 is 4.48 Å². The van der Waals surface area contributed by atoms with Gasteiger partial charge in [0.25, 0.3) is 0 Å². The van der Waals surface area contributed by atoms with Gasteiger partial charge in [0.15, 0.2) is 0 Å². The molecule has 0 radical (unpaired) electrons. The first kappa shape index (κ1) is 8.73. The molecule has 1 heterocycles. The summed E-state index contributed by atoms with van der Waals surface area (Å²) in [5.74, 6) is 0. The molecule has 0 saturated heterocycles. The van der Waals surface area contributed by atoms with Crippen LogP contribution in [0.15, 0.2) is 24.4 Å². The van der Waals surface area contributed by atoms with Gasteiger partial charge < -0.3 is 0 Å². The number of rotatable bonds is 0. The Labute approximate surface area is 62.7 Å². The molecule has 1 aliphatic rings. The molecule has 1 rings (SSSR count). The highest BCUT2D eigenvalue weighted by atomic mass is 35.5. The average Bonchev–Trinajstić information content (AvgIpc) is 1.65. The minimum atomic E-state index is 0. The molecule has 52 valence electrons. The Hall–Kier alpha value is -0.270. The normalized spacial score (nSPS) is 21.1. The van der Waals surface area contributed by atoms with Crippen LogP contribution in [0.1, 0.15) is 0 Å². The summed E-state index contributed by atoms with van der Waals surface area (Å²) in [5.41, 5.74) is 0. The predicted octanol–water partition coefficient (Wildman–Crippen LogP) is 1.57. The zero-order chi connectivity index (χ0) is 6.04. The molecule has 0 saturated carbocycles. The lowest BCUT2D eigenvalue weighted by Gasteiger charge is -2.24. The van der Waals surface area contributed by atoms with Gasteiger partial charge in [0.2, 0.25) is 0 Å². The van der Waals surface area contributed by atoms with E-state index in [0.717, 1.165) is 11.0 Å². The van der Waals surface area contributed by atoms with Gasteiger partial charge in [-0.3, -0.25) is 4.48 Å². The molecule has 0 aromatic heterocycles. The standard InChI is InChI=1S/C7H12N.ClH/c1-8(2)6-4-3-5-7-8;/h3-6H,7H2,1-2H3;1H/q+1;. The van der Waals surface area contributed by atoms with Gasteiger partial charge >= 0.3 is 0 Å². The summed E-state index contributed by atoms with van der Waals surface area (Å²) in [6, 6.07) is 0. The maximum atomic E-state index is 2.18. The molecule has 0 aromatic carbocycles. The van der Waals surface area contributed by atoms with E-state index in [-0.39, 0.29) is 12.4 Å². The molecule has 0 amide bonds. The van der Waals surface area contributed by atoms with Gasteiger partial charge in [-0.2, -0.15) is 0 Å². The zero-order valence-electron chi connectivity index (χ0n) is 5.87. The lowest BCUT2D eigenvalue weighted by atomic mass is 10.3. The van der Waals surface area contributed by atoms with Crippen molar-refractivity contribution in [1.82, 2.24) is 0 Å². The number of allylic oxidation sites excluding steroid dienone is 2. The van der Waals surface area contributed by atoms with Crippen LogP contribution in [0.5, 0.6) is 0 Å². The lowest BCUT2D eigenvalue weighted by Crippen LogP contribution is -2.34. The number of nitrogens with zero attached hydrogens (tertiary/aromatic N) is 1. The van der Waals surface area contributed by atoms with Crippen LogP contribution in [-0.4, -0.2) is 25.1 Å². The van der Waals surface area contributed by atoms with E-state index in [1.54, 1.807) is 0 Å². The number of likely N-dealkylation sites (N-methyl/N-ethyl adjacent to an activating group) is 1. The zero-order valence-corrected chi connectivity index (χ0v) is 6.69. The third-order valence-electron chi connectivity index (χ3n) is 1.31. The van der Waals surface area contributed by atoms with E-state index in [0.29, 0.717) is 0 Å². The van der Waals surface area contributed by atoms with Crippen LogP contribution < -0.4 is 0 Å². The molecule has 2 heteroatoms. The van der Waals surface area contributed by atoms with Crippen molar-refractivity contribution in [3.63, 3.8) is 0 Å². The summed E-state index contributed by atoms with van der Waals surface area (Å²) < 4.78 is 0.983. The third kappa shape index (κ3) is 2.68. The summed E-state index contributed by atoms with van der Waals surface area (Å²) in [5, 5.41) is 0. The quantitative estimate of drug-likeness (QED) is 0.455. The number of hydrogen-bond acceptors (Lipinski definition) is 0. The topological polar surface area (TPSA) is 0 Å². The highest BCUT2D eigenvalue weighted by Gasteiger charge is 2.08. The van der Waals surface area contributed by atoms with E-state index >= 15 is 0 Å². The molecule has 0 fully saturated rings. The Kier molecular flexibility index (Phi) is 2.95. The first-order valence-electron chi connectivity index (χ1n) is 2.88. The SMILES string of the molecule is C[N+]1(C)C=CC=CC1.Cl. The van der Waals surface area contributed by atoms with Crippen LogP contribution >= 0.6 is 12.4 Å². The smallest absolute Gasteiger partial charge is 0.101 e. The summed E-state index contributed by atoms with van der Waals surface area (Å²) in [4.78, 5) is 0. The van der Waals surface area contributed by atoms with Crippen LogP contribution in [0.2, 0.25) is 0 Å². The van der Waals surface area contributed by atoms with Gasteiger partial charge in [-0.25, -0.2) is 0 Å². The van der Waals surface area contributed by atoms with E-state index in [1.807, 2.05) is 0 Å². The van der Waals surface area contributed by atoms with Gasteiger partial charge in [0, 0.05) is 0 Å². The fourth-order valence-electron chi connectivity index (χ4n) is 0.755. The van der Waals surface area contributed by atoms with Crippen molar-refractivity contribution >= 4 is 12.4 Å². The van der Waals surface area contributed by atoms with Crippen LogP contribution in [0.4, 0.5) is 0 Å². The summed E-state index contributed by atoms with van der Waals surface area (Å²) in [6.07, 6.45) is 8.53. The molecule has 0 spiro atoms. The molecule has 0 aromatic rings. The van der Waals surface area contributed by atoms with Gasteiger partial charge in [-0.05, 0) is 12.2 Å². The van der Waals surface area contributed by atoms with Crippen molar-refractivity contribution in [1.29, 1.82) is 0 Å². The maximum Gasteiger partial charge on any atom is 0.101 e. The van der Waals surface area contributed by atoms with Gasteiger partial charge in [-0.1, -0.05) is 6.08 Å². The number of halogens is 1.